The Morgan fingerprint density at radius 1 is 0.560 bits per heavy atom. The van der Waals surface area contributed by atoms with E-state index in [-0.39, 0.29) is 35.5 Å². The number of rotatable bonds is 3. The van der Waals surface area contributed by atoms with Gasteiger partial charge < -0.3 is 17.2 Å². The van der Waals surface area contributed by atoms with Gasteiger partial charge in [0.15, 0.2) is 0 Å². The third-order valence-corrected chi connectivity index (χ3v) is 8.53. The molecule has 25 heavy (non-hydrogen) atoms. The zero-order chi connectivity index (χ0) is 16.4. The molecule has 0 bridgehead atoms. The molecule has 0 atom stereocenters. The van der Waals surface area contributed by atoms with E-state index in [0.29, 0.717) is 0 Å². The topological polar surface area (TPSA) is 23.1 Å². The maximum atomic E-state index is 14.5. The number of aryl methyl sites for hydroxylation is 3. The first kappa shape index (κ1) is 21.9. The maximum absolute atomic E-state index is 14.5. The Kier molecular flexibility index (Phi) is 7.91. The number of halogens is 1. The Hall–Kier alpha value is -1.11. The summed E-state index contributed by atoms with van der Waals surface area (Å²) in [7, 11) is -3.26. The average molecular weight is 377 g/mol. The van der Waals surface area contributed by atoms with Crippen molar-refractivity contribution in [3.63, 3.8) is 0 Å². The summed E-state index contributed by atoms with van der Waals surface area (Å²) < 4.78 is 0. The largest absolute Gasteiger partial charge is 2.00 e. The molecule has 0 amide bonds. The van der Waals surface area contributed by atoms with Gasteiger partial charge in [0.25, 0.3) is 0 Å². The predicted molar refractivity (Wildman–Crippen MR) is 104 cm³/mol. The number of hydrogen-bond acceptors (Lipinski definition) is 1. The Morgan fingerprint density at radius 3 is 1.04 bits per heavy atom. The third-order valence-electron chi connectivity index (χ3n) is 4.57. The molecule has 4 heteroatoms. The quantitative estimate of drug-likeness (QED) is 0.405. The normalized spacial score (nSPS) is 10.6. The average Bonchev–Trinajstić information content (AvgIpc) is 2.55. The molecule has 0 aliphatic heterocycles. The standard InChI is InChI=1S/C21H21OSi.ClH.Mg/c1-16-10-4-7-13-19(16)23(22,20-14-8-5-11-17(20)2)21-15-9-6-12-18(21)3;;/h4-15H,1-3H3;1H;/q-1;;+2/p-1. The van der Waals surface area contributed by atoms with Gasteiger partial charge >= 0.3 is 23.1 Å². The van der Waals surface area contributed by atoms with Crippen LogP contribution >= 0.6 is 0 Å². The van der Waals surface area contributed by atoms with Crippen LogP contribution in [0.3, 0.4) is 0 Å². The van der Waals surface area contributed by atoms with Gasteiger partial charge in [0, 0.05) is 0 Å². The smallest absolute Gasteiger partial charge is 1.00 e. The van der Waals surface area contributed by atoms with Crippen LogP contribution in [0.25, 0.3) is 0 Å². The number of benzene rings is 3. The molecule has 0 spiro atoms. The van der Waals surface area contributed by atoms with Crippen molar-refractivity contribution in [1.29, 1.82) is 0 Å². The van der Waals surface area contributed by atoms with E-state index in [9.17, 15) is 4.80 Å². The van der Waals surface area contributed by atoms with E-state index in [1.165, 1.54) is 0 Å². The Balaban J connectivity index is 0.00000156. The van der Waals surface area contributed by atoms with Crippen LogP contribution in [-0.4, -0.2) is 31.4 Å². The summed E-state index contributed by atoms with van der Waals surface area (Å²) in [6, 6.07) is 24.2. The molecule has 1 nitrogen and oxygen atoms in total. The Labute approximate surface area is 173 Å². The Bertz CT molecular complexity index is 740. The van der Waals surface area contributed by atoms with Crippen molar-refractivity contribution in [1.82, 2.24) is 0 Å². The summed E-state index contributed by atoms with van der Waals surface area (Å²) >= 11 is 0. The maximum Gasteiger partial charge on any atom is 2.00 e. The van der Waals surface area contributed by atoms with Crippen molar-refractivity contribution in [2.24, 2.45) is 0 Å². The van der Waals surface area contributed by atoms with Crippen molar-refractivity contribution in [2.45, 2.75) is 20.8 Å². The van der Waals surface area contributed by atoms with Gasteiger partial charge in [-0.25, -0.2) is 0 Å². The molecule has 0 aromatic heterocycles. The first-order valence-electron chi connectivity index (χ1n) is 7.94. The van der Waals surface area contributed by atoms with E-state index >= 15 is 0 Å². The molecule has 0 saturated heterocycles. The van der Waals surface area contributed by atoms with Gasteiger partial charge in [0.1, 0.15) is 0 Å². The zero-order valence-corrected chi connectivity index (χ0v) is 18.1. The van der Waals surface area contributed by atoms with Gasteiger partial charge in [-0.15, -0.1) is 0 Å². The van der Waals surface area contributed by atoms with E-state index in [2.05, 4.69) is 0 Å². The second-order valence-electron chi connectivity index (χ2n) is 6.13. The van der Waals surface area contributed by atoms with Crippen molar-refractivity contribution in [3.8, 4) is 0 Å². The molecular weight excluding hydrogens is 356 g/mol. The molecule has 3 aromatic rings. The van der Waals surface area contributed by atoms with Gasteiger partial charge in [0.2, 0.25) is 0 Å². The minimum Gasteiger partial charge on any atom is -1.00 e. The van der Waals surface area contributed by atoms with Crippen LogP contribution in [0.4, 0.5) is 0 Å². The van der Waals surface area contributed by atoms with Crippen LogP contribution in [0.1, 0.15) is 16.7 Å². The van der Waals surface area contributed by atoms with Crippen molar-refractivity contribution in [3.05, 3.63) is 89.5 Å². The first-order valence-corrected chi connectivity index (χ1v) is 9.84. The van der Waals surface area contributed by atoms with E-state index < -0.39 is 8.32 Å². The van der Waals surface area contributed by atoms with E-state index in [0.717, 1.165) is 32.3 Å². The molecule has 0 N–H and O–H groups in total. The third kappa shape index (κ3) is 4.01. The van der Waals surface area contributed by atoms with Gasteiger partial charge in [-0.1, -0.05) is 105 Å². The molecule has 3 aromatic carbocycles. The SMILES string of the molecule is Cc1ccccc1[Si]([O-])(c1ccccc1C)c1ccccc1C.[Cl-].[Mg+2]. The summed E-state index contributed by atoms with van der Waals surface area (Å²) in [6.45, 7) is 6.14. The minimum atomic E-state index is -3.26. The summed E-state index contributed by atoms with van der Waals surface area (Å²) in [5.74, 6) is 0. The summed E-state index contributed by atoms with van der Waals surface area (Å²) in [4.78, 5) is 14.5. The summed E-state index contributed by atoms with van der Waals surface area (Å²) in [5, 5.41) is 2.89. The molecule has 0 unspecified atom stereocenters. The van der Waals surface area contributed by atoms with Gasteiger partial charge in [-0.3, -0.25) is 0 Å². The van der Waals surface area contributed by atoms with Crippen molar-refractivity contribution >= 4 is 46.9 Å². The fraction of sp³-hybridized carbons (Fsp3) is 0.143. The molecular formula is C21H21ClMgOSi. The summed E-state index contributed by atoms with van der Waals surface area (Å²) in [5.41, 5.74) is 3.25. The fourth-order valence-electron chi connectivity index (χ4n) is 3.34. The zero-order valence-electron chi connectivity index (χ0n) is 14.9. The Morgan fingerprint density at radius 2 is 0.800 bits per heavy atom. The monoisotopic (exact) mass is 376 g/mol. The predicted octanol–water partition coefficient (Wildman–Crippen LogP) is -1.44. The summed E-state index contributed by atoms with van der Waals surface area (Å²) in [6.07, 6.45) is 0. The van der Waals surface area contributed by atoms with Crippen LogP contribution in [-0.2, 0) is 0 Å². The van der Waals surface area contributed by atoms with Gasteiger partial charge in [0.05, 0.1) is 8.32 Å². The van der Waals surface area contributed by atoms with Crippen LogP contribution < -0.4 is 32.8 Å². The van der Waals surface area contributed by atoms with Crippen molar-refractivity contribution < 1.29 is 17.2 Å². The molecule has 0 radical (unpaired) electrons. The van der Waals surface area contributed by atoms with Crippen LogP contribution in [0.2, 0.25) is 0 Å². The van der Waals surface area contributed by atoms with Gasteiger partial charge in [-0.2, -0.15) is 0 Å². The van der Waals surface area contributed by atoms with E-state index in [1.54, 1.807) is 0 Å². The fourth-order valence-corrected chi connectivity index (χ4v) is 7.12. The molecule has 0 aliphatic rings. The van der Waals surface area contributed by atoms with Gasteiger partial charge in [-0.05, 0) is 20.8 Å². The van der Waals surface area contributed by atoms with Crippen molar-refractivity contribution in [2.75, 3.05) is 0 Å². The molecule has 0 aliphatic carbocycles. The number of hydrogen-bond donors (Lipinski definition) is 0. The molecule has 0 saturated carbocycles. The molecule has 124 valence electrons. The second-order valence-corrected chi connectivity index (χ2v) is 9.10. The van der Waals surface area contributed by atoms with E-state index in [1.807, 2.05) is 93.6 Å². The minimum absolute atomic E-state index is 0. The first-order chi connectivity index (χ1) is 11.0. The molecule has 3 rings (SSSR count). The van der Waals surface area contributed by atoms with Crippen LogP contribution in [0.5, 0.6) is 0 Å². The molecule has 0 fully saturated rings. The molecule has 0 heterocycles. The van der Waals surface area contributed by atoms with Crippen LogP contribution in [0, 0.1) is 20.8 Å². The van der Waals surface area contributed by atoms with E-state index in [4.69, 9.17) is 0 Å². The van der Waals surface area contributed by atoms with Crippen LogP contribution in [0.15, 0.2) is 72.8 Å². The second kappa shape index (κ2) is 9.01.